The van der Waals surface area contributed by atoms with E-state index in [1.54, 1.807) is 32.1 Å². The number of carbonyl (C=O) groups is 2. The van der Waals surface area contributed by atoms with E-state index in [1.807, 2.05) is 24.3 Å². The average molecular weight is 1330 g/mol. The maximum absolute atomic E-state index is 12.8. The van der Waals surface area contributed by atoms with E-state index in [0.717, 1.165) is 36.4 Å². The molecule has 3 aliphatic carbocycles. The molecule has 7 rings (SSSR count). The number of alkyl halides is 9. The molecule has 2 unspecified atom stereocenters. The summed E-state index contributed by atoms with van der Waals surface area (Å²) < 4.78 is 141. The molecule has 3 aromatic carbocycles. The first-order valence-electron chi connectivity index (χ1n) is 30.7. The minimum absolute atomic E-state index is 0.0101. The Morgan fingerprint density at radius 3 is 1.28 bits per heavy atom. The van der Waals surface area contributed by atoms with Crippen LogP contribution in [0.3, 0.4) is 0 Å². The highest BCUT2D eigenvalue weighted by atomic mass is 19.4. The predicted octanol–water partition coefficient (Wildman–Crippen LogP) is 10.1. The minimum Gasteiger partial charge on any atom is -0.491 e. The van der Waals surface area contributed by atoms with Gasteiger partial charge in [-0.3, -0.25) is 9.59 Å². The monoisotopic (exact) mass is 1330 g/mol. The molecule has 0 bridgehead atoms. The average Bonchev–Trinajstić information content (AvgIpc) is 1.67. The van der Waals surface area contributed by atoms with Crippen LogP contribution in [0.1, 0.15) is 108 Å². The van der Waals surface area contributed by atoms with Crippen molar-refractivity contribution in [1.29, 1.82) is 0 Å². The highest BCUT2D eigenvalue weighted by Gasteiger charge is 2.48. The first-order valence-corrected chi connectivity index (χ1v) is 30.7. The molecule has 0 spiro atoms. The Hall–Kier alpha value is -6.33. The fourth-order valence-electron chi connectivity index (χ4n) is 11.3. The normalized spacial score (nSPS) is 26.7. The summed E-state index contributed by atoms with van der Waals surface area (Å²) >= 11 is 0. The SMILES string of the molecule is CC(C)OC(=O)CCC/C=C\C[C@@H]1[C@@H](/C=C/[C@@H](O)COc2cccc(C(F)(F)F)c2)[C@H](O)C[C@@H]1O.O=C(O)CCC/C=C\C[C@@H]1[C@@H](/C=C/[C@@H](O)COc2cccc(C(F)(F)F)c2)[C@H](O)C[C@@H]1O.OC1C[C@H]2C(C[C@@H](O)[C@@H]2/C=C/[C@@H](O)COc2cccc(C(F)(F)F)c2)O1. The smallest absolute Gasteiger partial charge is 0.416 e. The van der Waals surface area contributed by atoms with Crippen LogP contribution >= 0.6 is 0 Å². The molecular weight excluding hydrogens is 1250 g/mol. The molecule has 3 saturated carbocycles. The van der Waals surface area contributed by atoms with E-state index in [2.05, 4.69) is 0 Å². The van der Waals surface area contributed by atoms with E-state index in [1.165, 1.54) is 54.6 Å². The predicted molar refractivity (Wildman–Crippen MR) is 321 cm³/mol. The van der Waals surface area contributed by atoms with Crippen LogP contribution < -0.4 is 14.2 Å². The number of hydrogen-bond donors (Lipinski definition) is 10. The Bertz CT molecular complexity index is 2900. The molecule has 93 heavy (non-hydrogen) atoms. The lowest BCUT2D eigenvalue weighted by molar-refractivity contribution is -0.147. The summed E-state index contributed by atoms with van der Waals surface area (Å²) in [6, 6.07) is 13.2. The standard InChI is InChI=1S/C26H35F3O6.C23H29F3O6.C18H21F3O5/c1-17(2)35-25(33)11-6-4-3-5-10-21-22(24(32)15-23(21)31)13-12-19(30)16-34-20-9-7-8-18(14-20)26(27,28)29;24-23(25,26)15-6-5-7-17(12-15)32-14-16(27)10-11-19-18(20(28)13-21(19)29)8-3-1-2-4-9-22(30)31;19-18(20,21)10-2-1-3-12(6-10)25-9-11(22)4-5-13-14-7-17(24)26-16(14)8-15(13)23/h3,5,7-9,12-14,17,19,21-24,30-32H,4,6,10-11,15-16H2,1-2H3;1,3,5-7,10-12,16,18-21,27-29H,2,4,8-9,13-14H2,(H,30,31);1-6,11,13-17,22-24H,7-9H2/b5-3-,13-12+;3-1-,11-10+;5-4+/t19-,21-,22-,23+,24-;16-,18-,19-,20+,21-;11-,13-,14-,15-,16?,17?/m111/s1. The van der Waals surface area contributed by atoms with Gasteiger partial charge in [0.15, 0.2) is 6.29 Å². The lowest BCUT2D eigenvalue weighted by Gasteiger charge is -2.19. The number of carbonyl (C=O) groups excluding carboxylic acids is 1. The molecule has 0 aromatic heterocycles. The minimum atomic E-state index is -4.49. The van der Waals surface area contributed by atoms with Gasteiger partial charge in [-0.15, -0.1) is 0 Å². The van der Waals surface area contributed by atoms with Crippen LogP contribution in [0.2, 0.25) is 0 Å². The lowest BCUT2D eigenvalue weighted by atomic mass is 9.89. The van der Waals surface area contributed by atoms with Crippen molar-refractivity contribution in [3.8, 4) is 17.2 Å². The molecule has 17 nitrogen and oxygen atoms in total. The van der Waals surface area contributed by atoms with Crippen molar-refractivity contribution in [3.63, 3.8) is 0 Å². The molecule has 1 saturated heterocycles. The van der Waals surface area contributed by atoms with Gasteiger partial charge in [0.2, 0.25) is 0 Å². The molecule has 1 aliphatic heterocycles. The Kier molecular flexibility index (Phi) is 30.9. The van der Waals surface area contributed by atoms with Gasteiger partial charge in [0.05, 0.1) is 59.4 Å². The summed E-state index contributed by atoms with van der Waals surface area (Å²) in [7, 11) is 0. The number of halogens is 9. The molecule has 0 amide bonds. The quantitative estimate of drug-likeness (QED) is 0.0140. The van der Waals surface area contributed by atoms with Crippen molar-refractivity contribution in [2.24, 2.45) is 35.5 Å². The Balaban J connectivity index is 0.000000255. The molecular formula is C67H85F9O17. The van der Waals surface area contributed by atoms with Crippen molar-refractivity contribution in [3.05, 3.63) is 150 Å². The number of carboxylic acids is 1. The maximum atomic E-state index is 12.8. The fourth-order valence-corrected chi connectivity index (χ4v) is 11.3. The highest BCUT2D eigenvalue weighted by Crippen LogP contribution is 2.44. The van der Waals surface area contributed by atoms with Crippen LogP contribution in [-0.2, 0) is 37.6 Å². The van der Waals surface area contributed by atoms with Crippen LogP contribution in [0.4, 0.5) is 39.5 Å². The van der Waals surface area contributed by atoms with E-state index in [4.69, 9.17) is 28.8 Å². The number of rotatable bonds is 28. The van der Waals surface area contributed by atoms with Gasteiger partial charge in [0, 0.05) is 56.3 Å². The summed E-state index contributed by atoms with van der Waals surface area (Å²) in [6.07, 6.45) is 0.383. The fraction of sp³-hybridized carbons (Fsp3) is 0.552. The zero-order valence-corrected chi connectivity index (χ0v) is 51.4. The molecule has 26 heteroatoms. The Morgan fingerprint density at radius 2 is 0.903 bits per heavy atom. The van der Waals surface area contributed by atoms with Crippen LogP contribution in [0.25, 0.3) is 0 Å². The van der Waals surface area contributed by atoms with Crippen LogP contribution in [0.5, 0.6) is 17.2 Å². The first kappa shape index (κ1) is 77.4. The summed E-state index contributed by atoms with van der Waals surface area (Å²) in [4.78, 5) is 22.0. The van der Waals surface area contributed by atoms with Gasteiger partial charge in [-0.25, -0.2) is 0 Å². The highest BCUT2D eigenvalue weighted by molar-refractivity contribution is 5.69. The first-order chi connectivity index (χ1) is 43.8. The second kappa shape index (κ2) is 37.1. The number of aliphatic hydroxyl groups excluding tert-OH is 9. The van der Waals surface area contributed by atoms with Gasteiger partial charge >= 0.3 is 30.5 Å². The zero-order valence-electron chi connectivity index (χ0n) is 51.4. The van der Waals surface area contributed by atoms with Gasteiger partial charge in [0.1, 0.15) is 55.4 Å². The van der Waals surface area contributed by atoms with Crippen molar-refractivity contribution in [1.82, 2.24) is 0 Å². The summed E-state index contributed by atoms with van der Waals surface area (Å²) in [5.74, 6) is -2.69. The number of unbranched alkanes of at least 4 members (excludes halogenated alkanes) is 2. The van der Waals surface area contributed by atoms with E-state index < -0.39 is 102 Å². The van der Waals surface area contributed by atoms with Crippen LogP contribution in [-0.4, -0.2) is 150 Å². The number of benzene rings is 3. The van der Waals surface area contributed by atoms with E-state index in [-0.39, 0.29) is 104 Å². The van der Waals surface area contributed by atoms with Gasteiger partial charge in [-0.2, -0.15) is 39.5 Å². The van der Waals surface area contributed by atoms with Crippen molar-refractivity contribution >= 4 is 11.9 Å². The third-order valence-electron chi connectivity index (χ3n) is 16.0. The summed E-state index contributed by atoms with van der Waals surface area (Å²) in [5.41, 5.74) is -2.50. The van der Waals surface area contributed by atoms with E-state index in [0.29, 0.717) is 57.8 Å². The molecule has 16 atom stereocenters. The topological polar surface area (TPSA) is 283 Å². The van der Waals surface area contributed by atoms with E-state index >= 15 is 0 Å². The number of fused-ring (bicyclic) bond motifs is 1. The third kappa shape index (κ3) is 26.8. The largest absolute Gasteiger partial charge is 0.491 e. The number of aliphatic carboxylic acids is 1. The molecule has 0 radical (unpaired) electrons. The second-order valence-corrected chi connectivity index (χ2v) is 23.6. The van der Waals surface area contributed by atoms with Crippen molar-refractivity contribution in [2.75, 3.05) is 19.8 Å². The lowest BCUT2D eigenvalue weighted by Crippen LogP contribution is -2.21. The number of carboxylic acid groups (broad SMARTS) is 1. The molecule has 4 fully saturated rings. The molecule has 3 aromatic rings. The van der Waals surface area contributed by atoms with Gasteiger partial charge < -0.3 is 74.7 Å². The van der Waals surface area contributed by atoms with Crippen molar-refractivity contribution < 1.29 is 124 Å². The van der Waals surface area contributed by atoms with Crippen molar-refractivity contribution in [2.45, 2.75) is 177 Å². The number of esters is 1. The van der Waals surface area contributed by atoms with Gasteiger partial charge in [-0.05, 0) is 125 Å². The second-order valence-electron chi connectivity index (χ2n) is 23.6. The Morgan fingerprint density at radius 1 is 0.527 bits per heavy atom. The molecule has 4 aliphatic rings. The third-order valence-corrected chi connectivity index (χ3v) is 16.0. The summed E-state index contributed by atoms with van der Waals surface area (Å²) in [5, 5.41) is 99.6. The molecule has 518 valence electrons. The number of allylic oxidation sites excluding steroid dienone is 4. The van der Waals surface area contributed by atoms with Crippen LogP contribution in [0.15, 0.2) is 134 Å². The Labute approximate surface area is 533 Å². The number of ether oxygens (including phenoxy) is 5. The van der Waals surface area contributed by atoms with E-state index in [9.17, 15) is 95.1 Å². The van der Waals surface area contributed by atoms with Gasteiger partial charge in [-0.1, -0.05) is 79.0 Å². The maximum Gasteiger partial charge on any atom is 0.416 e. The summed E-state index contributed by atoms with van der Waals surface area (Å²) in [6.45, 7) is 2.86. The molecule has 1 heterocycles. The molecule has 10 N–H and O–H groups in total. The van der Waals surface area contributed by atoms with Crippen LogP contribution in [0, 0.1) is 35.5 Å². The number of hydrogen-bond acceptors (Lipinski definition) is 16. The zero-order chi connectivity index (χ0) is 68.6. The van der Waals surface area contributed by atoms with Gasteiger partial charge in [0.25, 0.3) is 0 Å². The number of aliphatic hydroxyl groups is 9.